The largest absolute Gasteiger partial charge is 0.433 e. The molecule has 23 heavy (non-hydrogen) atoms. The van der Waals surface area contributed by atoms with Crippen molar-refractivity contribution in [1.29, 1.82) is 0 Å². The third-order valence-corrected chi connectivity index (χ3v) is 4.27. The monoisotopic (exact) mass is 348 g/mol. The smallest absolute Gasteiger partial charge is 0.387 e. The van der Waals surface area contributed by atoms with E-state index in [9.17, 15) is 18.7 Å². The summed E-state index contributed by atoms with van der Waals surface area (Å²) >= 11 is 5.78. The maximum absolute atomic E-state index is 12.4. The van der Waals surface area contributed by atoms with Crippen LogP contribution in [0.15, 0.2) is 18.2 Å². The van der Waals surface area contributed by atoms with E-state index in [2.05, 4.69) is 10.1 Å². The third kappa shape index (κ3) is 4.45. The van der Waals surface area contributed by atoms with Gasteiger partial charge in [-0.25, -0.2) is 4.79 Å². The molecule has 2 atom stereocenters. The summed E-state index contributed by atoms with van der Waals surface area (Å²) in [5, 5.41) is 12.1. The second-order valence-electron chi connectivity index (χ2n) is 5.52. The summed E-state index contributed by atoms with van der Waals surface area (Å²) in [5.74, 6) is -0.00682. The summed E-state index contributed by atoms with van der Waals surface area (Å²) in [6.45, 7) is -0.596. The molecule has 0 aromatic heterocycles. The third-order valence-electron chi connectivity index (χ3n) is 3.96. The number of likely N-dealkylation sites (tertiary alicyclic amines) is 1. The number of hydrogen-bond acceptors (Lipinski definition) is 3. The fraction of sp³-hybridized carbons (Fsp3) is 0.533. The second kappa shape index (κ2) is 7.79. The number of benzene rings is 1. The molecular formula is C15H19ClF2N2O3. The number of urea groups is 1. The molecule has 1 aliphatic heterocycles. The van der Waals surface area contributed by atoms with E-state index in [1.807, 2.05) is 6.92 Å². The zero-order valence-corrected chi connectivity index (χ0v) is 13.4. The van der Waals surface area contributed by atoms with Crippen molar-refractivity contribution in [1.82, 2.24) is 4.90 Å². The van der Waals surface area contributed by atoms with Gasteiger partial charge in [0.2, 0.25) is 0 Å². The van der Waals surface area contributed by atoms with Crippen LogP contribution in [0.1, 0.15) is 19.8 Å². The quantitative estimate of drug-likeness (QED) is 0.874. The Morgan fingerprint density at radius 1 is 1.57 bits per heavy atom. The van der Waals surface area contributed by atoms with Gasteiger partial charge in [0.05, 0.1) is 17.7 Å². The van der Waals surface area contributed by atoms with Crippen molar-refractivity contribution in [2.45, 2.75) is 32.4 Å². The Labute approximate surface area is 138 Å². The highest BCUT2D eigenvalue weighted by atomic mass is 35.5. The van der Waals surface area contributed by atoms with E-state index < -0.39 is 6.61 Å². The lowest BCUT2D eigenvalue weighted by Crippen LogP contribution is -2.51. The van der Waals surface area contributed by atoms with Gasteiger partial charge >= 0.3 is 12.6 Å². The molecule has 1 saturated heterocycles. The van der Waals surface area contributed by atoms with Gasteiger partial charge in [-0.15, -0.1) is 0 Å². The molecule has 1 heterocycles. The summed E-state index contributed by atoms with van der Waals surface area (Å²) in [6.07, 6.45) is 1.80. The molecule has 0 aliphatic carbocycles. The molecule has 5 nitrogen and oxygen atoms in total. The van der Waals surface area contributed by atoms with Crippen LogP contribution in [0.4, 0.5) is 19.3 Å². The molecule has 128 valence electrons. The molecule has 8 heteroatoms. The maximum Gasteiger partial charge on any atom is 0.387 e. The van der Waals surface area contributed by atoms with Crippen LogP contribution >= 0.6 is 11.6 Å². The molecule has 1 aromatic rings. The van der Waals surface area contributed by atoms with Crippen LogP contribution in [0.25, 0.3) is 0 Å². The van der Waals surface area contributed by atoms with Gasteiger partial charge in [0.15, 0.2) is 0 Å². The predicted molar refractivity (Wildman–Crippen MR) is 83.1 cm³/mol. The second-order valence-corrected chi connectivity index (χ2v) is 5.92. The molecule has 2 amide bonds. The zero-order chi connectivity index (χ0) is 17.0. The number of nitrogens with zero attached hydrogens (tertiary/aromatic N) is 1. The van der Waals surface area contributed by atoms with E-state index in [4.69, 9.17) is 11.6 Å². The Hall–Kier alpha value is -1.60. The van der Waals surface area contributed by atoms with Gasteiger partial charge in [-0.3, -0.25) is 0 Å². The van der Waals surface area contributed by atoms with Crippen LogP contribution in [0, 0.1) is 5.92 Å². The number of carbonyl (C=O) groups excluding carboxylic acids is 1. The van der Waals surface area contributed by atoms with E-state index in [0.29, 0.717) is 12.2 Å². The van der Waals surface area contributed by atoms with Gasteiger partial charge in [-0.2, -0.15) is 8.78 Å². The minimum atomic E-state index is -3.00. The van der Waals surface area contributed by atoms with Gasteiger partial charge < -0.3 is 20.1 Å². The Kier molecular flexibility index (Phi) is 6.01. The molecule has 0 radical (unpaired) electrons. The van der Waals surface area contributed by atoms with Gasteiger partial charge in [0.1, 0.15) is 5.75 Å². The number of nitrogens with one attached hydrogen (secondary N) is 1. The number of aliphatic hydroxyl groups is 1. The number of ether oxygens (including phenoxy) is 1. The number of alkyl halides is 2. The van der Waals surface area contributed by atoms with Crippen LogP contribution in [0.3, 0.4) is 0 Å². The van der Waals surface area contributed by atoms with E-state index in [-0.39, 0.29) is 35.4 Å². The van der Waals surface area contributed by atoms with Crippen molar-refractivity contribution in [3.8, 4) is 5.75 Å². The molecule has 0 bridgehead atoms. The fourth-order valence-corrected chi connectivity index (χ4v) is 2.90. The number of amides is 2. The highest BCUT2D eigenvalue weighted by Crippen LogP contribution is 2.30. The van der Waals surface area contributed by atoms with Crippen molar-refractivity contribution >= 4 is 23.3 Å². The number of anilines is 1. The summed E-state index contributed by atoms with van der Waals surface area (Å²) in [7, 11) is 0. The zero-order valence-electron chi connectivity index (χ0n) is 12.6. The van der Waals surface area contributed by atoms with Crippen molar-refractivity contribution in [2.75, 3.05) is 18.5 Å². The predicted octanol–water partition coefficient (Wildman–Crippen LogP) is 3.57. The average Bonchev–Trinajstić information content (AvgIpc) is 2.49. The topological polar surface area (TPSA) is 61.8 Å². The first-order valence-corrected chi connectivity index (χ1v) is 7.73. The summed E-state index contributed by atoms with van der Waals surface area (Å²) in [6, 6.07) is 3.47. The minimum Gasteiger partial charge on any atom is -0.433 e. The Morgan fingerprint density at radius 3 is 2.96 bits per heavy atom. The first-order chi connectivity index (χ1) is 10.9. The summed E-state index contributed by atoms with van der Waals surface area (Å²) < 4.78 is 28.9. The molecule has 0 saturated carbocycles. The lowest BCUT2D eigenvalue weighted by Gasteiger charge is -2.38. The maximum atomic E-state index is 12.4. The SMILES string of the molecule is CC1CCCN(C(=O)Nc2ccc(Cl)c(OC(F)F)c2)C1CO. The number of aliphatic hydroxyl groups excluding tert-OH is 1. The van der Waals surface area contributed by atoms with Crippen LogP contribution in [-0.4, -0.2) is 41.8 Å². The van der Waals surface area contributed by atoms with Crippen molar-refractivity contribution in [3.63, 3.8) is 0 Å². The lowest BCUT2D eigenvalue weighted by molar-refractivity contribution is -0.0497. The summed E-state index contributed by atoms with van der Waals surface area (Å²) in [5.41, 5.74) is 0.296. The van der Waals surface area contributed by atoms with E-state index in [1.54, 1.807) is 4.90 Å². The number of halogens is 3. The normalized spacial score (nSPS) is 21.4. The molecule has 0 spiro atoms. The highest BCUT2D eigenvalue weighted by Gasteiger charge is 2.31. The minimum absolute atomic E-state index is 0.0307. The molecule has 2 N–H and O–H groups in total. The Bertz CT molecular complexity index is 560. The van der Waals surface area contributed by atoms with Crippen molar-refractivity contribution in [3.05, 3.63) is 23.2 Å². The summed E-state index contributed by atoms with van der Waals surface area (Å²) in [4.78, 5) is 13.9. The molecule has 1 aliphatic rings. The number of rotatable bonds is 4. The first kappa shape index (κ1) is 17.7. The van der Waals surface area contributed by atoms with Crippen LogP contribution in [0.2, 0.25) is 5.02 Å². The van der Waals surface area contributed by atoms with E-state index >= 15 is 0 Å². The lowest BCUT2D eigenvalue weighted by atomic mass is 9.91. The van der Waals surface area contributed by atoms with Crippen LogP contribution in [0.5, 0.6) is 5.75 Å². The number of hydrogen-bond donors (Lipinski definition) is 2. The highest BCUT2D eigenvalue weighted by molar-refractivity contribution is 6.32. The van der Waals surface area contributed by atoms with E-state index in [1.165, 1.54) is 18.2 Å². The Balaban J connectivity index is 2.10. The van der Waals surface area contributed by atoms with Crippen LogP contribution in [-0.2, 0) is 0 Å². The Morgan fingerprint density at radius 2 is 2.30 bits per heavy atom. The van der Waals surface area contributed by atoms with Gasteiger partial charge in [-0.05, 0) is 30.9 Å². The number of piperidine rings is 1. The van der Waals surface area contributed by atoms with Crippen LogP contribution < -0.4 is 10.1 Å². The first-order valence-electron chi connectivity index (χ1n) is 7.35. The number of carbonyl (C=O) groups is 1. The molecule has 1 fully saturated rings. The van der Waals surface area contributed by atoms with Crippen molar-refractivity contribution in [2.24, 2.45) is 5.92 Å². The molecule has 2 rings (SSSR count). The van der Waals surface area contributed by atoms with Crippen molar-refractivity contribution < 1.29 is 23.4 Å². The van der Waals surface area contributed by atoms with Gasteiger partial charge in [0.25, 0.3) is 0 Å². The molecular weight excluding hydrogens is 330 g/mol. The van der Waals surface area contributed by atoms with E-state index in [0.717, 1.165) is 12.8 Å². The van der Waals surface area contributed by atoms with Gasteiger partial charge in [0, 0.05) is 18.3 Å². The fourth-order valence-electron chi connectivity index (χ4n) is 2.74. The molecule has 2 unspecified atom stereocenters. The van der Waals surface area contributed by atoms with Gasteiger partial charge in [-0.1, -0.05) is 18.5 Å². The average molecular weight is 349 g/mol. The molecule has 1 aromatic carbocycles. The standard InChI is InChI=1S/C15H19ClF2N2O3/c1-9-3-2-6-20(12(9)8-21)15(22)19-10-4-5-11(16)13(7-10)23-14(17)18/h4-5,7,9,12,14,21H,2-3,6,8H2,1H3,(H,19,22).